The van der Waals surface area contributed by atoms with Crippen LogP contribution in [0.25, 0.3) is 0 Å². The van der Waals surface area contributed by atoms with Crippen molar-refractivity contribution in [1.29, 1.82) is 0 Å². The van der Waals surface area contributed by atoms with Crippen LogP contribution < -0.4 is 0 Å². The third kappa shape index (κ3) is 11.0. The van der Waals surface area contributed by atoms with Crippen molar-refractivity contribution >= 4 is 0 Å². The molecule has 1 aliphatic rings. The Kier molecular flexibility index (Phi) is 14.6. The molecule has 0 spiro atoms. The van der Waals surface area contributed by atoms with E-state index in [-0.39, 0.29) is 5.82 Å². The van der Waals surface area contributed by atoms with E-state index in [0.717, 1.165) is 25.7 Å². The first kappa shape index (κ1) is 29.4. The maximum atomic E-state index is 12.3. The van der Waals surface area contributed by atoms with Gasteiger partial charge in [-0.3, -0.25) is 0 Å². The number of hydrogen-bond donors (Lipinski definition) is 1. The first-order valence-electron chi connectivity index (χ1n) is 12.9. The summed E-state index contributed by atoms with van der Waals surface area (Å²) in [7, 11) is 0. The molecule has 0 bridgehead atoms. The highest BCUT2D eigenvalue weighted by Crippen LogP contribution is 2.34. The second-order valence-corrected chi connectivity index (χ2v) is 8.76. The lowest BCUT2D eigenvalue weighted by Gasteiger charge is -2.25. The molecule has 1 unspecified atom stereocenters. The van der Waals surface area contributed by atoms with Crippen molar-refractivity contribution in [3.63, 3.8) is 0 Å². The number of H-pyrrole nitrogens is 1. The van der Waals surface area contributed by atoms with Gasteiger partial charge < -0.3 is 4.98 Å². The lowest BCUT2D eigenvalue weighted by Crippen LogP contribution is -2.12. The minimum absolute atomic E-state index is 0.153. The minimum Gasteiger partial charge on any atom is -0.348 e. The number of fused-ring (bicyclic) bond motifs is 1. The molecular weight excluding hydrogens is 419 g/mol. The quantitative estimate of drug-likeness (QED) is 0.375. The summed E-state index contributed by atoms with van der Waals surface area (Å²) in [6.45, 7) is 16.1. The Morgan fingerprint density at radius 3 is 2.35 bits per heavy atom. The Morgan fingerprint density at radius 2 is 1.79 bits per heavy atom. The van der Waals surface area contributed by atoms with E-state index in [9.17, 15) is 4.39 Å². The lowest BCUT2D eigenvalue weighted by molar-refractivity contribution is 0.546. The highest BCUT2D eigenvalue weighted by atomic mass is 19.1. The molecular formula is C31H45FN2. The summed E-state index contributed by atoms with van der Waals surface area (Å²) in [5, 5.41) is 0. The summed E-state index contributed by atoms with van der Waals surface area (Å²) in [5.41, 5.74) is 8.20. The molecule has 3 heteroatoms. The molecule has 0 amide bonds. The normalized spacial score (nSPS) is 13.7. The maximum Gasteiger partial charge on any atom is 0.123 e. The van der Waals surface area contributed by atoms with E-state index >= 15 is 0 Å². The van der Waals surface area contributed by atoms with Gasteiger partial charge in [-0.05, 0) is 87.1 Å². The predicted octanol–water partition coefficient (Wildman–Crippen LogP) is 9.16. The van der Waals surface area contributed by atoms with Crippen molar-refractivity contribution < 1.29 is 4.39 Å². The van der Waals surface area contributed by atoms with Crippen molar-refractivity contribution in [2.45, 2.75) is 92.4 Å². The average molecular weight is 465 g/mol. The fraction of sp³-hybridized carbons (Fsp3) is 0.452. The number of imidazole rings is 1. The van der Waals surface area contributed by atoms with Gasteiger partial charge in [-0.2, -0.15) is 0 Å². The van der Waals surface area contributed by atoms with Gasteiger partial charge in [0.25, 0.3) is 0 Å². The van der Waals surface area contributed by atoms with E-state index < -0.39 is 0 Å². The Balaban J connectivity index is 0.000000290. The lowest BCUT2D eigenvalue weighted by atomic mass is 9.80. The molecule has 0 saturated carbocycles. The average Bonchev–Trinajstić information content (AvgIpc) is 3.36. The Labute approximate surface area is 207 Å². The molecule has 0 saturated heterocycles. The topological polar surface area (TPSA) is 28.7 Å². The highest BCUT2D eigenvalue weighted by Gasteiger charge is 2.20. The molecule has 0 radical (unpaired) electrons. The van der Waals surface area contributed by atoms with Crippen LogP contribution in [0.5, 0.6) is 0 Å². The summed E-state index contributed by atoms with van der Waals surface area (Å²) >= 11 is 0. The van der Waals surface area contributed by atoms with Crippen LogP contribution in [0.3, 0.4) is 0 Å². The van der Waals surface area contributed by atoms with E-state index in [1.165, 1.54) is 53.8 Å². The van der Waals surface area contributed by atoms with Crippen molar-refractivity contribution in [3.05, 3.63) is 101 Å². The number of rotatable bonds is 5. The van der Waals surface area contributed by atoms with E-state index in [1.54, 1.807) is 17.5 Å². The summed E-state index contributed by atoms with van der Waals surface area (Å²) in [6, 6.07) is 13.6. The second-order valence-electron chi connectivity index (χ2n) is 8.76. The molecule has 3 aromatic rings. The summed E-state index contributed by atoms with van der Waals surface area (Å²) < 4.78 is 12.3. The molecule has 2 nitrogen and oxygen atoms in total. The molecule has 186 valence electrons. The summed E-state index contributed by atoms with van der Waals surface area (Å²) in [4.78, 5) is 7.32. The molecule has 1 aliphatic carbocycles. The van der Waals surface area contributed by atoms with Crippen molar-refractivity contribution in [2.24, 2.45) is 0 Å². The van der Waals surface area contributed by atoms with Crippen LogP contribution in [-0.4, -0.2) is 9.97 Å². The number of halogens is 1. The van der Waals surface area contributed by atoms with E-state index in [4.69, 9.17) is 0 Å². The second kappa shape index (κ2) is 16.9. The highest BCUT2D eigenvalue weighted by molar-refractivity contribution is 5.36. The van der Waals surface area contributed by atoms with Gasteiger partial charge in [0, 0.05) is 11.9 Å². The number of nitrogens with zero attached hydrogens (tertiary/aromatic N) is 1. The molecule has 0 aliphatic heterocycles. The zero-order valence-corrected chi connectivity index (χ0v) is 22.3. The zero-order valence-electron chi connectivity index (χ0n) is 22.3. The predicted molar refractivity (Wildman–Crippen MR) is 146 cm³/mol. The van der Waals surface area contributed by atoms with Crippen LogP contribution in [0.4, 0.5) is 4.39 Å². The van der Waals surface area contributed by atoms with Gasteiger partial charge in [0.05, 0.1) is 6.33 Å². The first-order valence-corrected chi connectivity index (χ1v) is 12.9. The third-order valence-corrected chi connectivity index (χ3v) is 5.82. The number of allylic oxidation sites excluding steroid dienone is 1. The van der Waals surface area contributed by atoms with Crippen LogP contribution in [0.1, 0.15) is 94.2 Å². The SMILES string of the molecule is C=C(C)CC.CC.CCCc1ccc(F)cc1.Cc1ccc2c(c1)C(Cc1cnc[nH]1)CCC2. The molecule has 1 heterocycles. The Hall–Kier alpha value is -2.68. The first-order chi connectivity index (χ1) is 16.4. The van der Waals surface area contributed by atoms with E-state index in [1.807, 2.05) is 39.1 Å². The molecule has 4 rings (SSSR count). The van der Waals surface area contributed by atoms with Gasteiger partial charge in [-0.1, -0.05) is 75.6 Å². The van der Waals surface area contributed by atoms with Gasteiger partial charge in [-0.15, -0.1) is 6.58 Å². The standard InChI is InChI=1S/C15H18N2.C9H11F.C5H10.C2H6/c1-11-5-6-12-3-2-4-13(15(12)7-11)8-14-9-16-10-17-14;1-2-3-8-4-6-9(10)7-5-8;1-4-5(2)3;1-2/h5-7,9-10,13H,2-4,8H2,1H3,(H,16,17);4-7H,2-3H2,1H3;2,4H2,1,3H3;1-2H3. The van der Waals surface area contributed by atoms with Crippen LogP contribution >= 0.6 is 0 Å². The summed E-state index contributed by atoms with van der Waals surface area (Å²) in [6.07, 6.45) is 11.9. The third-order valence-electron chi connectivity index (χ3n) is 5.82. The zero-order chi connectivity index (χ0) is 25.3. The number of aryl methyl sites for hydroxylation is 3. The summed E-state index contributed by atoms with van der Waals surface area (Å²) in [5.74, 6) is 0.513. The smallest absolute Gasteiger partial charge is 0.123 e. The van der Waals surface area contributed by atoms with Crippen LogP contribution in [-0.2, 0) is 19.3 Å². The monoisotopic (exact) mass is 464 g/mol. The van der Waals surface area contributed by atoms with Gasteiger partial charge in [0.1, 0.15) is 5.82 Å². The fourth-order valence-electron chi connectivity index (χ4n) is 3.83. The van der Waals surface area contributed by atoms with Gasteiger partial charge >= 0.3 is 0 Å². The van der Waals surface area contributed by atoms with Gasteiger partial charge in [0.15, 0.2) is 0 Å². The molecule has 1 N–H and O–H groups in total. The maximum absolute atomic E-state index is 12.3. The van der Waals surface area contributed by atoms with Crippen LogP contribution in [0.2, 0.25) is 0 Å². The molecule has 0 fully saturated rings. The number of benzene rings is 2. The number of aromatic nitrogens is 2. The van der Waals surface area contributed by atoms with Gasteiger partial charge in [0.2, 0.25) is 0 Å². The number of hydrogen-bond acceptors (Lipinski definition) is 1. The van der Waals surface area contributed by atoms with Crippen molar-refractivity contribution in [1.82, 2.24) is 9.97 Å². The van der Waals surface area contributed by atoms with Crippen molar-refractivity contribution in [2.75, 3.05) is 0 Å². The number of aromatic amines is 1. The molecule has 1 aromatic heterocycles. The molecule has 2 aromatic carbocycles. The molecule has 34 heavy (non-hydrogen) atoms. The largest absolute Gasteiger partial charge is 0.348 e. The van der Waals surface area contributed by atoms with E-state index in [2.05, 4.69) is 55.5 Å². The molecule has 1 atom stereocenters. The Morgan fingerprint density at radius 1 is 1.12 bits per heavy atom. The Bertz CT molecular complexity index is 927. The van der Waals surface area contributed by atoms with Crippen LogP contribution in [0.15, 0.2) is 67.1 Å². The van der Waals surface area contributed by atoms with E-state index in [0.29, 0.717) is 5.92 Å². The van der Waals surface area contributed by atoms with Crippen LogP contribution in [0, 0.1) is 12.7 Å². The van der Waals surface area contributed by atoms with Crippen molar-refractivity contribution in [3.8, 4) is 0 Å². The minimum atomic E-state index is -0.153. The number of nitrogens with one attached hydrogen (secondary N) is 1. The van der Waals surface area contributed by atoms with Gasteiger partial charge in [-0.25, -0.2) is 9.37 Å². The fourth-order valence-corrected chi connectivity index (χ4v) is 3.83.